The first-order valence-corrected chi connectivity index (χ1v) is 11.4. The van der Waals surface area contributed by atoms with Crippen molar-refractivity contribution in [2.24, 2.45) is 13.0 Å². The molecule has 2 aliphatic heterocycles. The maximum atomic E-state index is 13.2. The molecule has 2 aromatic rings. The van der Waals surface area contributed by atoms with Gasteiger partial charge in [0.25, 0.3) is 5.91 Å². The van der Waals surface area contributed by atoms with Gasteiger partial charge in [0.1, 0.15) is 4.90 Å². The molecule has 1 aromatic carbocycles. The Balaban J connectivity index is 1.41. The third-order valence-corrected chi connectivity index (χ3v) is 7.83. The van der Waals surface area contributed by atoms with Gasteiger partial charge in [-0.1, -0.05) is 0 Å². The summed E-state index contributed by atoms with van der Waals surface area (Å²) >= 11 is 0. The lowest BCUT2D eigenvalue weighted by Crippen LogP contribution is -2.43. The smallest absolute Gasteiger partial charge is 0.251 e. The van der Waals surface area contributed by atoms with E-state index in [1.165, 1.54) is 4.31 Å². The van der Waals surface area contributed by atoms with Crippen LogP contribution < -0.4 is 14.8 Å². The van der Waals surface area contributed by atoms with Gasteiger partial charge in [0.2, 0.25) is 16.8 Å². The normalized spacial score (nSPS) is 19.1. The summed E-state index contributed by atoms with van der Waals surface area (Å²) in [5.74, 6) is 1.01. The third kappa shape index (κ3) is 3.77. The standard InChI is InChI=1S/C20H26N4O5S/c1-13-19(14(2)23(3)22-13)30(26,27)24-8-4-5-15(11-24)10-21-20(25)16-6-7-17-18(9-16)29-12-28-17/h6-7,9,15H,4-5,8,10-12H2,1-3H3,(H,21,25)/t15-/m0/s1. The molecular formula is C20H26N4O5S. The first-order valence-electron chi connectivity index (χ1n) is 9.95. The number of piperidine rings is 1. The van der Waals surface area contributed by atoms with Crippen molar-refractivity contribution in [1.29, 1.82) is 0 Å². The predicted octanol–water partition coefficient (Wildman–Crippen LogP) is 1.60. The van der Waals surface area contributed by atoms with Gasteiger partial charge in [0.05, 0.1) is 11.4 Å². The number of fused-ring (bicyclic) bond motifs is 1. The molecule has 10 heteroatoms. The van der Waals surface area contributed by atoms with E-state index in [-0.39, 0.29) is 23.5 Å². The molecule has 1 fully saturated rings. The Kier molecular flexibility index (Phi) is 5.46. The lowest BCUT2D eigenvalue weighted by atomic mass is 9.99. The molecule has 162 valence electrons. The first kappa shape index (κ1) is 20.7. The van der Waals surface area contributed by atoms with Crippen LogP contribution in [0.3, 0.4) is 0 Å². The van der Waals surface area contributed by atoms with Crippen molar-refractivity contribution in [2.45, 2.75) is 31.6 Å². The van der Waals surface area contributed by atoms with Gasteiger partial charge in [-0.25, -0.2) is 8.42 Å². The van der Waals surface area contributed by atoms with Crippen LogP contribution in [0.2, 0.25) is 0 Å². The highest BCUT2D eigenvalue weighted by atomic mass is 32.2. The van der Waals surface area contributed by atoms with E-state index in [0.29, 0.717) is 48.1 Å². The van der Waals surface area contributed by atoms with Gasteiger partial charge >= 0.3 is 0 Å². The van der Waals surface area contributed by atoms with Gasteiger partial charge in [0.15, 0.2) is 11.5 Å². The van der Waals surface area contributed by atoms with Gasteiger partial charge in [-0.2, -0.15) is 9.40 Å². The molecule has 1 atom stereocenters. The summed E-state index contributed by atoms with van der Waals surface area (Å²) in [6.07, 6.45) is 1.61. The van der Waals surface area contributed by atoms with Crippen molar-refractivity contribution in [1.82, 2.24) is 19.4 Å². The van der Waals surface area contributed by atoms with E-state index in [1.807, 2.05) is 0 Å². The third-order valence-electron chi connectivity index (χ3n) is 5.71. The highest BCUT2D eigenvalue weighted by molar-refractivity contribution is 7.89. The molecule has 1 aromatic heterocycles. The summed E-state index contributed by atoms with van der Waals surface area (Å²) in [5, 5.41) is 7.17. The van der Waals surface area contributed by atoms with Crippen LogP contribution >= 0.6 is 0 Å². The maximum Gasteiger partial charge on any atom is 0.251 e. The van der Waals surface area contributed by atoms with E-state index in [9.17, 15) is 13.2 Å². The number of hydrogen-bond acceptors (Lipinski definition) is 6. The van der Waals surface area contributed by atoms with Crippen LogP contribution in [0.25, 0.3) is 0 Å². The molecule has 3 heterocycles. The number of aryl methyl sites for hydroxylation is 2. The van der Waals surface area contributed by atoms with Crippen molar-refractivity contribution in [3.8, 4) is 11.5 Å². The summed E-state index contributed by atoms with van der Waals surface area (Å²) in [7, 11) is -1.88. The molecule has 4 rings (SSSR count). The fraction of sp³-hybridized carbons (Fsp3) is 0.500. The second-order valence-electron chi connectivity index (χ2n) is 7.77. The molecule has 0 spiro atoms. The average Bonchev–Trinajstić information content (AvgIpc) is 3.29. The van der Waals surface area contributed by atoms with E-state index < -0.39 is 10.0 Å². The van der Waals surface area contributed by atoms with E-state index in [0.717, 1.165) is 12.8 Å². The summed E-state index contributed by atoms with van der Waals surface area (Å²) in [6, 6.07) is 5.06. The Morgan fingerprint density at radius 2 is 2.03 bits per heavy atom. The van der Waals surface area contributed by atoms with Gasteiger partial charge in [-0.15, -0.1) is 0 Å². The molecule has 1 amide bonds. The minimum atomic E-state index is -3.63. The minimum Gasteiger partial charge on any atom is -0.454 e. The largest absolute Gasteiger partial charge is 0.454 e. The van der Waals surface area contributed by atoms with Crippen LogP contribution in [-0.4, -0.2) is 54.8 Å². The number of hydrogen-bond donors (Lipinski definition) is 1. The molecule has 1 saturated heterocycles. The number of nitrogens with zero attached hydrogens (tertiary/aromatic N) is 3. The Morgan fingerprint density at radius 3 is 2.77 bits per heavy atom. The van der Waals surface area contributed by atoms with Crippen molar-refractivity contribution in [3.05, 3.63) is 35.2 Å². The van der Waals surface area contributed by atoms with Crippen LogP contribution in [0.15, 0.2) is 23.1 Å². The number of ether oxygens (including phenoxy) is 2. The summed E-state index contributed by atoms with van der Waals surface area (Å²) in [5.41, 5.74) is 1.63. The number of aromatic nitrogens is 2. The average molecular weight is 435 g/mol. The molecule has 30 heavy (non-hydrogen) atoms. The summed E-state index contributed by atoms with van der Waals surface area (Å²) in [4.78, 5) is 12.8. The van der Waals surface area contributed by atoms with Gasteiger partial charge < -0.3 is 14.8 Å². The van der Waals surface area contributed by atoms with E-state index in [1.54, 1.807) is 43.8 Å². The number of carbonyl (C=O) groups is 1. The monoisotopic (exact) mass is 434 g/mol. The zero-order chi connectivity index (χ0) is 21.5. The lowest BCUT2D eigenvalue weighted by Gasteiger charge is -2.32. The van der Waals surface area contributed by atoms with Crippen molar-refractivity contribution in [3.63, 3.8) is 0 Å². The van der Waals surface area contributed by atoms with Crippen LogP contribution in [0.5, 0.6) is 11.5 Å². The minimum absolute atomic E-state index is 0.0452. The lowest BCUT2D eigenvalue weighted by molar-refractivity contribution is 0.0941. The van der Waals surface area contributed by atoms with Crippen LogP contribution in [-0.2, 0) is 17.1 Å². The molecule has 2 aliphatic rings. The number of benzene rings is 1. The summed E-state index contributed by atoms with van der Waals surface area (Å²) < 4.78 is 40.1. The zero-order valence-corrected chi connectivity index (χ0v) is 18.2. The maximum absolute atomic E-state index is 13.2. The van der Waals surface area contributed by atoms with Crippen molar-refractivity contribution >= 4 is 15.9 Å². The predicted molar refractivity (Wildman–Crippen MR) is 109 cm³/mol. The highest BCUT2D eigenvalue weighted by Crippen LogP contribution is 2.32. The van der Waals surface area contributed by atoms with Gasteiger partial charge in [-0.3, -0.25) is 9.48 Å². The molecule has 0 saturated carbocycles. The number of carbonyl (C=O) groups excluding carboxylic acids is 1. The number of rotatable bonds is 5. The van der Waals surface area contributed by atoms with Crippen LogP contribution in [0, 0.1) is 19.8 Å². The molecule has 1 N–H and O–H groups in total. The quantitative estimate of drug-likeness (QED) is 0.767. The Labute approximate surface area is 176 Å². The Hall–Kier alpha value is -2.59. The second-order valence-corrected chi connectivity index (χ2v) is 9.65. The number of amides is 1. The fourth-order valence-corrected chi connectivity index (χ4v) is 6.00. The highest BCUT2D eigenvalue weighted by Gasteiger charge is 2.34. The summed E-state index contributed by atoms with van der Waals surface area (Å²) in [6.45, 7) is 4.89. The number of sulfonamides is 1. The Bertz CT molecular complexity index is 1080. The molecule has 0 unspecified atom stereocenters. The van der Waals surface area contributed by atoms with E-state index >= 15 is 0 Å². The topological polar surface area (TPSA) is 103 Å². The van der Waals surface area contributed by atoms with Gasteiger partial charge in [0, 0.05) is 32.2 Å². The number of nitrogens with one attached hydrogen (secondary N) is 1. The Morgan fingerprint density at radius 1 is 1.27 bits per heavy atom. The molecule has 0 bridgehead atoms. The first-order chi connectivity index (χ1) is 14.3. The second kappa shape index (κ2) is 7.92. The van der Waals surface area contributed by atoms with Crippen LogP contribution in [0.1, 0.15) is 34.6 Å². The molecule has 0 aliphatic carbocycles. The SMILES string of the molecule is Cc1nn(C)c(C)c1S(=O)(=O)N1CCC[C@@H](CNC(=O)c2ccc3c(c2)OCO3)C1. The van der Waals surface area contributed by atoms with Gasteiger partial charge in [-0.05, 0) is 50.8 Å². The van der Waals surface area contributed by atoms with E-state index in [2.05, 4.69) is 10.4 Å². The zero-order valence-electron chi connectivity index (χ0n) is 17.3. The van der Waals surface area contributed by atoms with Crippen molar-refractivity contribution < 1.29 is 22.7 Å². The molecule has 9 nitrogen and oxygen atoms in total. The van der Waals surface area contributed by atoms with Crippen molar-refractivity contribution in [2.75, 3.05) is 26.4 Å². The molecular weight excluding hydrogens is 408 g/mol. The van der Waals surface area contributed by atoms with Crippen LogP contribution in [0.4, 0.5) is 0 Å². The van der Waals surface area contributed by atoms with E-state index in [4.69, 9.17) is 9.47 Å². The molecule has 0 radical (unpaired) electrons. The fourth-order valence-electron chi connectivity index (χ4n) is 4.05.